The van der Waals surface area contributed by atoms with E-state index in [1.165, 1.54) is 0 Å². The lowest BCUT2D eigenvalue weighted by Crippen LogP contribution is -2.11. The van der Waals surface area contributed by atoms with Gasteiger partial charge in [0, 0.05) is 6.42 Å². The van der Waals surface area contributed by atoms with Crippen molar-refractivity contribution in [3.05, 3.63) is 39.8 Å². The van der Waals surface area contributed by atoms with E-state index < -0.39 is 0 Å². The number of benzene rings is 1. The molecule has 5 heteroatoms. The summed E-state index contributed by atoms with van der Waals surface area (Å²) in [7, 11) is 1.90. The van der Waals surface area contributed by atoms with E-state index in [1.54, 1.807) is 23.5 Å². The van der Waals surface area contributed by atoms with Gasteiger partial charge in [-0.1, -0.05) is 23.5 Å². The number of nitrogens with zero attached hydrogens (tertiary/aromatic N) is 2. The fourth-order valence-electron chi connectivity index (χ4n) is 1.48. The molecule has 0 amide bonds. The molecule has 17 heavy (non-hydrogen) atoms. The maximum Gasteiger partial charge on any atom is 0.134 e. The van der Waals surface area contributed by atoms with Crippen LogP contribution in [0.15, 0.2) is 24.3 Å². The topological polar surface area (TPSA) is 58.0 Å². The maximum atomic E-state index is 9.38. The van der Waals surface area contributed by atoms with Gasteiger partial charge in [-0.2, -0.15) is 0 Å². The fourth-order valence-corrected chi connectivity index (χ4v) is 2.42. The van der Waals surface area contributed by atoms with Gasteiger partial charge in [-0.3, -0.25) is 0 Å². The number of phenols is 1. The number of nitrogens with one attached hydrogen (secondary N) is 1. The summed E-state index contributed by atoms with van der Waals surface area (Å²) in [6.45, 7) is 2.05. The number of phenolic OH excluding ortho intramolecular Hbond substituents is 1. The first-order chi connectivity index (χ1) is 8.19. The van der Waals surface area contributed by atoms with Crippen LogP contribution in [-0.2, 0) is 6.42 Å². The van der Waals surface area contributed by atoms with Crippen LogP contribution in [0.4, 0.5) is 0 Å². The molecule has 1 atom stereocenters. The molecule has 0 aliphatic rings. The third-order valence-electron chi connectivity index (χ3n) is 2.55. The highest BCUT2D eigenvalue weighted by Crippen LogP contribution is 2.21. The maximum absolute atomic E-state index is 9.38. The van der Waals surface area contributed by atoms with Gasteiger partial charge in [-0.25, -0.2) is 0 Å². The van der Waals surface area contributed by atoms with Crippen LogP contribution < -0.4 is 5.32 Å². The van der Waals surface area contributed by atoms with Crippen LogP contribution in [0.25, 0.3) is 0 Å². The van der Waals surface area contributed by atoms with E-state index in [1.807, 2.05) is 19.2 Å². The van der Waals surface area contributed by atoms with E-state index in [0.29, 0.717) is 6.42 Å². The van der Waals surface area contributed by atoms with E-state index in [4.69, 9.17) is 0 Å². The lowest BCUT2D eigenvalue weighted by molar-refractivity contribution is 0.474. The number of hydrogen-bond donors (Lipinski definition) is 2. The van der Waals surface area contributed by atoms with Crippen LogP contribution in [-0.4, -0.2) is 22.4 Å². The highest BCUT2D eigenvalue weighted by atomic mass is 32.1. The minimum atomic E-state index is 0.227. The second-order valence-electron chi connectivity index (χ2n) is 3.89. The second kappa shape index (κ2) is 5.25. The molecule has 0 saturated carbocycles. The van der Waals surface area contributed by atoms with E-state index in [0.717, 1.165) is 15.6 Å². The first-order valence-electron chi connectivity index (χ1n) is 5.46. The van der Waals surface area contributed by atoms with E-state index in [-0.39, 0.29) is 11.8 Å². The van der Waals surface area contributed by atoms with Gasteiger partial charge in [0.05, 0.1) is 6.04 Å². The largest absolute Gasteiger partial charge is 0.508 e. The van der Waals surface area contributed by atoms with Gasteiger partial charge in [0.2, 0.25) is 0 Å². The summed E-state index contributed by atoms with van der Waals surface area (Å²) in [5, 5.41) is 22.8. The Kier molecular flexibility index (Phi) is 3.71. The van der Waals surface area contributed by atoms with Crippen molar-refractivity contribution in [3.8, 4) is 5.75 Å². The Morgan fingerprint density at radius 3 is 2.94 bits per heavy atom. The standard InChI is InChI=1S/C12H15N3OS/c1-8(13-2)12-15-14-11(17-12)7-9-4-3-5-10(16)6-9/h3-6,8,13,16H,7H2,1-2H3. The van der Waals surface area contributed by atoms with E-state index in [9.17, 15) is 5.11 Å². The van der Waals surface area contributed by atoms with Gasteiger partial charge < -0.3 is 10.4 Å². The first-order valence-corrected chi connectivity index (χ1v) is 6.28. The molecule has 1 aromatic carbocycles. The molecule has 1 unspecified atom stereocenters. The zero-order valence-corrected chi connectivity index (χ0v) is 10.7. The van der Waals surface area contributed by atoms with Crippen LogP contribution in [0.1, 0.15) is 28.5 Å². The molecular weight excluding hydrogens is 234 g/mol. The molecule has 0 spiro atoms. The normalized spacial score (nSPS) is 12.6. The van der Waals surface area contributed by atoms with Gasteiger partial charge in [0.15, 0.2) is 0 Å². The summed E-state index contributed by atoms with van der Waals surface area (Å²) in [6.07, 6.45) is 0.711. The van der Waals surface area contributed by atoms with Crippen LogP contribution in [0.3, 0.4) is 0 Å². The summed E-state index contributed by atoms with van der Waals surface area (Å²) < 4.78 is 0. The van der Waals surface area contributed by atoms with Crippen molar-refractivity contribution < 1.29 is 5.11 Å². The lowest BCUT2D eigenvalue weighted by Gasteiger charge is -2.03. The Labute approximate surface area is 104 Å². The molecule has 0 saturated heterocycles. The molecule has 1 heterocycles. The highest BCUT2D eigenvalue weighted by Gasteiger charge is 2.10. The molecule has 0 aliphatic carbocycles. The minimum Gasteiger partial charge on any atom is -0.508 e. The first kappa shape index (κ1) is 12.0. The smallest absolute Gasteiger partial charge is 0.134 e. The lowest BCUT2D eigenvalue weighted by atomic mass is 10.1. The number of hydrogen-bond acceptors (Lipinski definition) is 5. The summed E-state index contributed by atoms with van der Waals surface area (Å²) in [4.78, 5) is 0. The van der Waals surface area contributed by atoms with Crippen LogP contribution in [0, 0.1) is 0 Å². The molecule has 0 aliphatic heterocycles. The number of aromatic hydroxyl groups is 1. The molecule has 0 bridgehead atoms. The Hall–Kier alpha value is -1.46. The summed E-state index contributed by atoms with van der Waals surface area (Å²) >= 11 is 1.60. The number of aromatic nitrogens is 2. The van der Waals surface area contributed by atoms with Crippen LogP contribution >= 0.6 is 11.3 Å². The van der Waals surface area contributed by atoms with Crippen molar-refractivity contribution in [1.82, 2.24) is 15.5 Å². The summed E-state index contributed by atoms with van der Waals surface area (Å²) in [6, 6.07) is 7.46. The van der Waals surface area contributed by atoms with Gasteiger partial charge in [0.25, 0.3) is 0 Å². The minimum absolute atomic E-state index is 0.227. The fraction of sp³-hybridized carbons (Fsp3) is 0.333. The molecule has 2 aromatic rings. The van der Waals surface area contributed by atoms with Gasteiger partial charge in [-0.15, -0.1) is 10.2 Å². The molecular formula is C12H15N3OS. The van der Waals surface area contributed by atoms with Crippen LogP contribution in [0.2, 0.25) is 0 Å². The van der Waals surface area contributed by atoms with Crippen molar-refractivity contribution >= 4 is 11.3 Å². The van der Waals surface area contributed by atoms with Crippen LogP contribution in [0.5, 0.6) is 5.75 Å². The molecule has 0 fully saturated rings. The van der Waals surface area contributed by atoms with Gasteiger partial charge in [0.1, 0.15) is 15.8 Å². The Bertz CT molecular complexity index is 498. The predicted octanol–water partition coefficient (Wildman–Crippen LogP) is 2.11. The Morgan fingerprint density at radius 1 is 1.41 bits per heavy atom. The van der Waals surface area contributed by atoms with E-state index >= 15 is 0 Å². The third-order valence-corrected chi connectivity index (χ3v) is 3.66. The van der Waals surface area contributed by atoms with Crippen molar-refractivity contribution in [2.75, 3.05) is 7.05 Å². The van der Waals surface area contributed by atoms with Crippen molar-refractivity contribution in [1.29, 1.82) is 0 Å². The van der Waals surface area contributed by atoms with Gasteiger partial charge >= 0.3 is 0 Å². The molecule has 2 rings (SSSR count). The molecule has 1 aromatic heterocycles. The molecule has 0 radical (unpaired) electrons. The zero-order chi connectivity index (χ0) is 12.3. The summed E-state index contributed by atoms with van der Waals surface area (Å²) in [5.74, 6) is 0.288. The second-order valence-corrected chi connectivity index (χ2v) is 4.98. The Balaban J connectivity index is 2.11. The van der Waals surface area contributed by atoms with Crippen molar-refractivity contribution in [2.24, 2.45) is 0 Å². The van der Waals surface area contributed by atoms with E-state index in [2.05, 4.69) is 22.4 Å². The molecule has 2 N–H and O–H groups in total. The average molecular weight is 249 g/mol. The average Bonchev–Trinajstić information content (AvgIpc) is 2.76. The monoisotopic (exact) mass is 249 g/mol. The number of rotatable bonds is 4. The third kappa shape index (κ3) is 3.01. The zero-order valence-electron chi connectivity index (χ0n) is 9.84. The SMILES string of the molecule is CNC(C)c1nnc(Cc2cccc(O)c2)s1. The quantitative estimate of drug-likeness (QED) is 0.871. The Morgan fingerprint density at radius 2 is 2.24 bits per heavy atom. The highest BCUT2D eigenvalue weighted by molar-refractivity contribution is 7.11. The van der Waals surface area contributed by atoms with Crippen molar-refractivity contribution in [2.45, 2.75) is 19.4 Å². The predicted molar refractivity (Wildman–Crippen MR) is 68.3 cm³/mol. The molecule has 4 nitrogen and oxygen atoms in total. The summed E-state index contributed by atoms with van der Waals surface area (Å²) in [5.41, 5.74) is 1.05. The van der Waals surface area contributed by atoms with Gasteiger partial charge in [-0.05, 0) is 31.7 Å². The molecule has 90 valence electrons. The van der Waals surface area contributed by atoms with Crippen molar-refractivity contribution in [3.63, 3.8) is 0 Å².